The molecule has 0 aliphatic heterocycles. The summed E-state index contributed by atoms with van der Waals surface area (Å²) in [5.74, 6) is -3.02. The minimum Gasteiger partial charge on any atom is -0.484 e. The Balaban J connectivity index is 1.98. The standard InChI is InChI=1S/C15H11ClF2N2O4S/c16-11-2-1-3-12(14(11)25-15(17)18)19-13(21)8-24-10-6-4-9(5-7-10)20(22)23/h1-7,15H,8H2,(H,19,21). The topological polar surface area (TPSA) is 81.5 Å². The number of benzene rings is 2. The zero-order valence-electron chi connectivity index (χ0n) is 12.4. The number of carbonyl (C=O) groups is 1. The summed E-state index contributed by atoms with van der Waals surface area (Å²) in [6, 6.07) is 9.58. The molecule has 0 aromatic heterocycles. The Morgan fingerprint density at radius 1 is 1.28 bits per heavy atom. The van der Waals surface area contributed by atoms with E-state index in [2.05, 4.69) is 5.32 Å². The Morgan fingerprint density at radius 2 is 1.96 bits per heavy atom. The molecular formula is C15H11ClF2N2O4S. The van der Waals surface area contributed by atoms with Crippen LogP contribution in [0.3, 0.4) is 0 Å². The summed E-state index contributed by atoms with van der Waals surface area (Å²) >= 11 is 6.11. The fourth-order valence-corrected chi connectivity index (χ4v) is 2.73. The Hall–Kier alpha value is -2.39. The maximum Gasteiger partial charge on any atom is 0.289 e. The summed E-state index contributed by atoms with van der Waals surface area (Å²) in [7, 11) is 0. The summed E-state index contributed by atoms with van der Waals surface area (Å²) in [5, 5.41) is 13.1. The summed E-state index contributed by atoms with van der Waals surface area (Å²) in [6.45, 7) is -0.400. The molecule has 0 bridgehead atoms. The van der Waals surface area contributed by atoms with Crippen molar-refractivity contribution in [1.29, 1.82) is 0 Å². The number of nitrogens with one attached hydrogen (secondary N) is 1. The van der Waals surface area contributed by atoms with Crippen molar-refractivity contribution in [2.75, 3.05) is 11.9 Å². The third kappa shape index (κ3) is 5.57. The predicted molar refractivity (Wildman–Crippen MR) is 90.5 cm³/mol. The van der Waals surface area contributed by atoms with Gasteiger partial charge in [0.15, 0.2) is 6.61 Å². The lowest BCUT2D eigenvalue weighted by molar-refractivity contribution is -0.384. The Bertz CT molecular complexity index is 775. The molecule has 25 heavy (non-hydrogen) atoms. The lowest BCUT2D eigenvalue weighted by atomic mass is 10.3. The third-order valence-electron chi connectivity index (χ3n) is 2.87. The van der Waals surface area contributed by atoms with Gasteiger partial charge in [0.1, 0.15) is 5.75 Å². The van der Waals surface area contributed by atoms with Crippen molar-refractivity contribution < 1.29 is 23.2 Å². The SMILES string of the molecule is O=C(COc1ccc([N+](=O)[O-])cc1)Nc1cccc(Cl)c1SC(F)F. The molecule has 1 N–H and O–H groups in total. The first-order valence-corrected chi connectivity index (χ1v) is 8.03. The lowest BCUT2D eigenvalue weighted by Gasteiger charge is -2.12. The van der Waals surface area contributed by atoms with Gasteiger partial charge in [0.2, 0.25) is 0 Å². The van der Waals surface area contributed by atoms with Gasteiger partial charge in [-0.3, -0.25) is 14.9 Å². The van der Waals surface area contributed by atoms with E-state index in [1.54, 1.807) is 0 Å². The number of amides is 1. The highest BCUT2D eigenvalue weighted by atomic mass is 35.5. The average molecular weight is 389 g/mol. The van der Waals surface area contributed by atoms with Gasteiger partial charge in [-0.05, 0) is 24.3 Å². The molecule has 0 saturated carbocycles. The van der Waals surface area contributed by atoms with E-state index in [0.717, 1.165) is 0 Å². The monoisotopic (exact) mass is 388 g/mol. The first-order valence-electron chi connectivity index (χ1n) is 6.77. The van der Waals surface area contributed by atoms with Gasteiger partial charge in [0.25, 0.3) is 17.4 Å². The largest absolute Gasteiger partial charge is 0.484 e. The van der Waals surface area contributed by atoms with Gasteiger partial charge in [-0.2, -0.15) is 8.78 Å². The molecule has 0 radical (unpaired) electrons. The molecule has 0 unspecified atom stereocenters. The van der Waals surface area contributed by atoms with Crippen molar-refractivity contribution in [3.05, 3.63) is 57.6 Å². The molecule has 0 heterocycles. The van der Waals surface area contributed by atoms with Crippen LogP contribution in [0.25, 0.3) is 0 Å². The number of thioether (sulfide) groups is 1. The molecule has 0 aliphatic carbocycles. The maximum absolute atomic E-state index is 12.6. The van der Waals surface area contributed by atoms with Crippen molar-refractivity contribution in [2.24, 2.45) is 0 Å². The fraction of sp³-hybridized carbons (Fsp3) is 0.133. The van der Waals surface area contributed by atoms with Crippen molar-refractivity contribution in [3.63, 3.8) is 0 Å². The summed E-state index contributed by atoms with van der Waals surface area (Å²) in [5.41, 5.74) is 0.0412. The number of non-ortho nitro benzene ring substituents is 1. The molecule has 2 aromatic carbocycles. The average Bonchev–Trinajstić information content (AvgIpc) is 2.56. The number of halogens is 3. The zero-order valence-corrected chi connectivity index (χ0v) is 14.0. The normalized spacial score (nSPS) is 10.6. The number of alkyl halides is 2. The number of hydrogen-bond donors (Lipinski definition) is 1. The molecule has 2 rings (SSSR count). The van der Waals surface area contributed by atoms with Crippen LogP contribution in [0.1, 0.15) is 0 Å². The first-order chi connectivity index (χ1) is 11.9. The van der Waals surface area contributed by atoms with E-state index in [1.807, 2.05) is 0 Å². The van der Waals surface area contributed by atoms with E-state index in [4.69, 9.17) is 16.3 Å². The number of rotatable bonds is 7. The van der Waals surface area contributed by atoms with E-state index in [1.165, 1.54) is 42.5 Å². The zero-order chi connectivity index (χ0) is 18.4. The Morgan fingerprint density at radius 3 is 2.56 bits per heavy atom. The van der Waals surface area contributed by atoms with Gasteiger partial charge in [-0.15, -0.1) is 0 Å². The second-order valence-corrected chi connectivity index (χ2v) is 5.99. The molecule has 132 valence electrons. The number of carbonyl (C=O) groups excluding carboxylic acids is 1. The molecule has 1 amide bonds. The predicted octanol–water partition coefficient (Wildman–Crippen LogP) is 4.58. The number of hydrogen-bond acceptors (Lipinski definition) is 5. The lowest BCUT2D eigenvalue weighted by Crippen LogP contribution is -2.20. The summed E-state index contributed by atoms with van der Waals surface area (Å²) in [4.78, 5) is 22.0. The van der Waals surface area contributed by atoms with E-state index >= 15 is 0 Å². The smallest absolute Gasteiger partial charge is 0.289 e. The number of anilines is 1. The van der Waals surface area contributed by atoms with Gasteiger partial charge in [-0.25, -0.2) is 0 Å². The van der Waals surface area contributed by atoms with Crippen LogP contribution >= 0.6 is 23.4 Å². The van der Waals surface area contributed by atoms with Crippen molar-refractivity contribution in [3.8, 4) is 5.75 Å². The van der Waals surface area contributed by atoms with Crippen molar-refractivity contribution in [1.82, 2.24) is 0 Å². The van der Waals surface area contributed by atoms with Crippen LogP contribution in [0.5, 0.6) is 5.75 Å². The minimum absolute atomic E-state index is 0.0582. The van der Waals surface area contributed by atoms with Gasteiger partial charge in [0, 0.05) is 12.1 Å². The van der Waals surface area contributed by atoms with Gasteiger partial charge < -0.3 is 10.1 Å². The summed E-state index contributed by atoms with van der Waals surface area (Å²) < 4.78 is 30.4. The van der Waals surface area contributed by atoms with Crippen LogP contribution in [0.4, 0.5) is 20.2 Å². The number of ether oxygens (including phenoxy) is 1. The highest BCUT2D eigenvalue weighted by Crippen LogP contribution is 2.37. The molecule has 10 heteroatoms. The Kier molecular flexibility index (Phi) is 6.54. The van der Waals surface area contributed by atoms with Crippen LogP contribution in [0.15, 0.2) is 47.4 Å². The molecule has 0 spiro atoms. The van der Waals surface area contributed by atoms with Gasteiger partial charge >= 0.3 is 0 Å². The minimum atomic E-state index is -2.69. The van der Waals surface area contributed by atoms with Crippen LogP contribution in [-0.2, 0) is 4.79 Å². The fourth-order valence-electron chi connectivity index (χ4n) is 1.82. The van der Waals surface area contributed by atoms with Crippen molar-refractivity contribution in [2.45, 2.75) is 10.7 Å². The highest BCUT2D eigenvalue weighted by Gasteiger charge is 2.15. The molecule has 0 fully saturated rings. The molecule has 6 nitrogen and oxygen atoms in total. The molecule has 0 saturated heterocycles. The van der Waals surface area contributed by atoms with Crippen LogP contribution < -0.4 is 10.1 Å². The second kappa shape index (κ2) is 8.63. The van der Waals surface area contributed by atoms with E-state index in [-0.39, 0.29) is 38.8 Å². The van der Waals surface area contributed by atoms with Crippen LogP contribution in [0.2, 0.25) is 5.02 Å². The molecule has 0 atom stereocenters. The highest BCUT2D eigenvalue weighted by molar-refractivity contribution is 7.99. The van der Waals surface area contributed by atoms with E-state index in [0.29, 0.717) is 0 Å². The van der Waals surface area contributed by atoms with Gasteiger partial charge in [0.05, 0.1) is 20.5 Å². The molecule has 2 aromatic rings. The first kappa shape index (κ1) is 18.9. The molecule has 0 aliphatic rings. The van der Waals surface area contributed by atoms with E-state index in [9.17, 15) is 23.7 Å². The number of nitro benzene ring substituents is 1. The van der Waals surface area contributed by atoms with Gasteiger partial charge in [-0.1, -0.05) is 29.4 Å². The third-order valence-corrected chi connectivity index (χ3v) is 4.15. The van der Waals surface area contributed by atoms with E-state index < -0.39 is 23.2 Å². The van der Waals surface area contributed by atoms with Crippen LogP contribution in [-0.4, -0.2) is 23.2 Å². The molecular weight excluding hydrogens is 378 g/mol. The number of nitro groups is 1. The van der Waals surface area contributed by atoms with Crippen LogP contribution in [0, 0.1) is 10.1 Å². The Labute approximate surface area is 150 Å². The second-order valence-electron chi connectivity index (χ2n) is 4.58. The van der Waals surface area contributed by atoms with Crippen molar-refractivity contribution >= 4 is 40.6 Å². The maximum atomic E-state index is 12.6. The number of nitrogens with zero attached hydrogens (tertiary/aromatic N) is 1. The quantitative estimate of drug-likeness (QED) is 0.426. The summed E-state index contributed by atoms with van der Waals surface area (Å²) in [6.07, 6.45) is 0.